The van der Waals surface area contributed by atoms with Gasteiger partial charge in [0.2, 0.25) is 5.95 Å². The number of morpholine rings is 1. The number of anilines is 2. The van der Waals surface area contributed by atoms with Gasteiger partial charge in [-0.05, 0) is 31.2 Å². The number of hydrogen-bond acceptors (Lipinski definition) is 7. The smallest absolute Gasteiger partial charge is 0.274 e. The highest BCUT2D eigenvalue weighted by atomic mass is 16.5. The molecule has 0 aliphatic carbocycles. The first-order valence-electron chi connectivity index (χ1n) is 8.85. The molecule has 1 aliphatic rings. The lowest BCUT2D eigenvalue weighted by atomic mass is 10.2. The van der Waals surface area contributed by atoms with Crippen molar-refractivity contribution < 1.29 is 9.53 Å². The molecule has 0 spiro atoms. The first-order valence-corrected chi connectivity index (χ1v) is 8.85. The Balaban J connectivity index is 1.61. The Bertz CT molecular complexity index is 842. The van der Waals surface area contributed by atoms with E-state index in [9.17, 15) is 4.79 Å². The first kappa shape index (κ1) is 18.8. The van der Waals surface area contributed by atoms with Crippen LogP contribution in [-0.4, -0.2) is 60.2 Å². The molecule has 1 aromatic carbocycles. The van der Waals surface area contributed by atoms with Crippen molar-refractivity contribution in [2.45, 2.75) is 6.92 Å². The minimum Gasteiger partial charge on any atom is -0.379 e. The molecule has 0 bridgehead atoms. The minimum atomic E-state index is -0.341. The molecule has 1 aliphatic heterocycles. The average molecular weight is 366 g/mol. The van der Waals surface area contributed by atoms with Gasteiger partial charge >= 0.3 is 0 Å². The largest absolute Gasteiger partial charge is 0.379 e. The Morgan fingerprint density at radius 2 is 2.11 bits per heavy atom. The van der Waals surface area contributed by atoms with E-state index >= 15 is 0 Å². The number of carbonyl (C=O) groups is 1. The predicted molar refractivity (Wildman–Crippen MR) is 102 cm³/mol. The molecule has 1 fully saturated rings. The average Bonchev–Trinajstić information content (AvgIpc) is 2.68. The van der Waals surface area contributed by atoms with Gasteiger partial charge in [0.25, 0.3) is 5.91 Å². The Kier molecular flexibility index (Phi) is 6.30. The zero-order chi connectivity index (χ0) is 19.1. The van der Waals surface area contributed by atoms with Gasteiger partial charge in [-0.3, -0.25) is 9.69 Å². The second kappa shape index (κ2) is 9.07. The van der Waals surface area contributed by atoms with Crippen molar-refractivity contribution in [3.8, 4) is 6.07 Å². The van der Waals surface area contributed by atoms with E-state index in [0.29, 0.717) is 29.4 Å². The monoisotopic (exact) mass is 366 g/mol. The SMILES string of the molecule is Cc1cc(C(=O)Nc2cccc(C#N)c2)nc(NCCN2CCOCC2)n1. The van der Waals surface area contributed by atoms with Crippen LogP contribution in [-0.2, 0) is 4.74 Å². The van der Waals surface area contributed by atoms with Gasteiger partial charge in [0.1, 0.15) is 5.69 Å². The van der Waals surface area contributed by atoms with Crippen molar-refractivity contribution in [3.63, 3.8) is 0 Å². The summed E-state index contributed by atoms with van der Waals surface area (Å²) in [4.78, 5) is 23.5. The molecule has 2 N–H and O–H groups in total. The van der Waals surface area contributed by atoms with Gasteiger partial charge in [-0.1, -0.05) is 6.07 Å². The third-order valence-corrected chi connectivity index (χ3v) is 4.15. The van der Waals surface area contributed by atoms with Crippen molar-refractivity contribution in [2.24, 2.45) is 0 Å². The highest BCUT2D eigenvalue weighted by molar-refractivity contribution is 6.03. The Morgan fingerprint density at radius 1 is 1.30 bits per heavy atom. The van der Waals surface area contributed by atoms with Crippen molar-refractivity contribution in [2.75, 3.05) is 50.0 Å². The van der Waals surface area contributed by atoms with E-state index in [-0.39, 0.29) is 11.6 Å². The van der Waals surface area contributed by atoms with Crippen LogP contribution >= 0.6 is 0 Å². The summed E-state index contributed by atoms with van der Waals surface area (Å²) in [7, 11) is 0. The number of nitrogens with one attached hydrogen (secondary N) is 2. The normalized spacial score (nSPS) is 14.4. The number of benzene rings is 1. The highest BCUT2D eigenvalue weighted by Crippen LogP contribution is 2.12. The van der Waals surface area contributed by atoms with Gasteiger partial charge in [0.15, 0.2) is 0 Å². The van der Waals surface area contributed by atoms with Crippen LogP contribution < -0.4 is 10.6 Å². The summed E-state index contributed by atoms with van der Waals surface area (Å²) in [6.07, 6.45) is 0. The van der Waals surface area contributed by atoms with Crippen LogP contribution in [0, 0.1) is 18.3 Å². The van der Waals surface area contributed by atoms with Crippen LogP contribution in [0.4, 0.5) is 11.6 Å². The van der Waals surface area contributed by atoms with Crippen LogP contribution in [0.3, 0.4) is 0 Å². The summed E-state index contributed by atoms with van der Waals surface area (Å²) in [6.45, 7) is 6.74. The first-order chi connectivity index (χ1) is 13.1. The maximum absolute atomic E-state index is 12.5. The van der Waals surface area contributed by atoms with E-state index in [0.717, 1.165) is 32.8 Å². The van der Waals surface area contributed by atoms with Crippen molar-refractivity contribution in [1.82, 2.24) is 14.9 Å². The third kappa shape index (κ3) is 5.48. The lowest BCUT2D eigenvalue weighted by Crippen LogP contribution is -2.39. The van der Waals surface area contributed by atoms with Crippen LogP contribution in [0.5, 0.6) is 0 Å². The summed E-state index contributed by atoms with van der Waals surface area (Å²) >= 11 is 0. The fraction of sp³-hybridized carbons (Fsp3) is 0.368. The maximum atomic E-state index is 12.5. The number of hydrogen-bond donors (Lipinski definition) is 2. The van der Waals surface area contributed by atoms with Gasteiger partial charge < -0.3 is 15.4 Å². The highest BCUT2D eigenvalue weighted by Gasteiger charge is 2.13. The molecule has 0 unspecified atom stereocenters. The predicted octanol–water partition coefficient (Wildman–Crippen LogP) is 1.65. The van der Waals surface area contributed by atoms with Crippen molar-refractivity contribution in [3.05, 3.63) is 47.3 Å². The van der Waals surface area contributed by atoms with E-state index in [1.807, 2.05) is 6.92 Å². The van der Waals surface area contributed by atoms with Crippen LogP contribution in [0.1, 0.15) is 21.7 Å². The molecule has 0 saturated carbocycles. The van der Waals surface area contributed by atoms with Gasteiger partial charge in [-0.15, -0.1) is 0 Å². The molecule has 3 rings (SSSR count). The maximum Gasteiger partial charge on any atom is 0.274 e. The molecule has 0 atom stereocenters. The molecule has 2 aromatic rings. The molecule has 8 nitrogen and oxygen atoms in total. The number of aryl methyl sites for hydroxylation is 1. The number of ether oxygens (including phenoxy) is 1. The zero-order valence-electron chi connectivity index (χ0n) is 15.2. The second-order valence-corrected chi connectivity index (χ2v) is 6.25. The standard InChI is InChI=1S/C19H22N6O2/c1-14-11-17(18(26)23-16-4-2-3-15(12-16)13-20)24-19(22-14)21-5-6-25-7-9-27-10-8-25/h2-4,11-12H,5-10H2,1H3,(H,23,26)(H,21,22,24). The van der Waals surface area contributed by atoms with E-state index in [4.69, 9.17) is 10.00 Å². The molecule has 2 heterocycles. The van der Waals surface area contributed by atoms with Crippen molar-refractivity contribution in [1.29, 1.82) is 5.26 Å². The lowest BCUT2D eigenvalue weighted by molar-refractivity contribution is 0.0398. The van der Waals surface area contributed by atoms with Crippen LogP contribution in [0.25, 0.3) is 0 Å². The molecular formula is C19H22N6O2. The van der Waals surface area contributed by atoms with Crippen LogP contribution in [0.15, 0.2) is 30.3 Å². The van der Waals surface area contributed by atoms with E-state index in [2.05, 4.69) is 31.6 Å². The molecule has 0 radical (unpaired) electrons. The van der Waals surface area contributed by atoms with Gasteiger partial charge in [0.05, 0.1) is 24.8 Å². The minimum absolute atomic E-state index is 0.277. The molecule has 1 saturated heterocycles. The lowest BCUT2D eigenvalue weighted by Gasteiger charge is -2.26. The van der Waals surface area contributed by atoms with Gasteiger partial charge in [0, 0.05) is 37.6 Å². The van der Waals surface area contributed by atoms with Gasteiger partial charge in [-0.25, -0.2) is 9.97 Å². The summed E-state index contributed by atoms with van der Waals surface area (Å²) < 4.78 is 5.34. The van der Waals surface area contributed by atoms with E-state index in [1.165, 1.54) is 0 Å². The summed E-state index contributed by atoms with van der Waals surface area (Å²) in [5.74, 6) is 0.0889. The number of nitriles is 1. The molecule has 8 heteroatoms. The number of amides is 1. The van der Waals surface area contributed by atoms with Gasteiger partial charge in [-0.2, -0.15) is 5.26 Å². The summed E-state index contributed by atoms with van der Waals surface area (Å²) in [5.41, 5.74) is 2.02. The topological polar surface area (TPSA) is 103 Å². The number of carbonyl (C=O) groups excluding carboxylic acids is 1. The number of nitrogens with zero attached hydrogens (tertiary/aromatic N) is 4. The van der Waals surface area contributed by atoms with E-state index in [1.54, 1.807) is 30.3 Å². The Morgan fingerprint density at radius 3 is 2.89 bits per heavy atom. The van der Waals surface area contributed by atoms with Crippen molar-refractivity contribution >= 4 is 17.5 Å². The molecule has 1 amide bonds. The van der Waals surface area contributed by atoms with Crippen LogP contribution in [0.2, 0.25) is 0 Å². The third-order valence-electron chi connectivity index (χ3n) is 4.15. The summed E-state index contributed by atoms with van der Waals surface area (Å²) in [5, 5.41) is 14.9. The number of aromatic nitrogens is 2. The Labute approximate surface area is 158 Å². The fourth-order valence-electron chi connectivity index (χ4n) is 2.78. The van der Waals surface area contributed by atoms with E-state index < -0.39 is 0 Å². The molecule has 1 aromatic heterocycles. The molecular weight excluding hydrogens is 344 g/mol. The number of rotatable bonds is 6. The Hall–Kier alpha value is -3.02. The fourth-order valence-corrected chi connectivity index (χ4v) is 2.78. The summed E-state index contributed by atoms with van der Waals surface area (Å²) in [6, 6.07) is 10.4. The quantitative estimate of drug-likeness (QED) is 0.801. The molecule has 140 valence electrons. The molecule has 27 heavy (non-hydrogen) atoms. The second-order valence-electron chi connectivity index (χ2n) is 6.25. The zero-order valence-corrected chi connectivity index (χ0v) is 15.2.